The lowest BCUT2D eigenvalue weighted by Crippen LogP contribution is -2.43. The van der Waals surface area contributed by atoms with Crippen molar-refractivity contribution in [3.63, 3.8) is 0 Å². The fraction of sp³-hybridized carbons (Fsp3) is 0.304. The Morgan fingerprint density at radius 3 is 2.62 bits per heavy atom. The fourth-order valence-electron chi connectivity index (χ4n) is 3.44. The summed E-state index contributed by atoms with van der Waals surface area (Å²) in [6.45, 7) is 3.83. The van der Waals surface area contributed by atoms with Gasteiger partial charge in [0.05, 0.1) is 12.8 Å². The second-order valence-electron chi connectivity index (χ2n) is 6.91. The van der Waals surface area contributed by atoms with Gasteiger partial charge in [-0.2, -0.15) is 0 Å². The molecule has 1 heterocycles. The quantitative estimate of drug-likeness (QED) is 0.604. The van der Waals surface area contributed by atoms with Crippen LogP contribution in [0.2, 0.25) is 0 Å². The summed E-state index contributed by atoms with van der Waals surface area (Å²) in [5, 5.41) is 6.23. The van der Waals surface area contributed by atoms with Crippen LogP contribution in [0.3, 0.4) is 0 Å². The van der Waals surface area contributed by atoms with Crippen LogP contribution in [0.4, 0.5) is 5.69 Å². The highest BCUT2D eigenvalue weighted by atomic mass is 16.5. The molecule has 0 radical (unpaired) electrons. The Hall–Kier alpha value is -3.28. The van der Waals surface area contributed by atoms with E-state index in [1.807, 2.05) is 24.3 Å². The van der Waals surface area contributed by atoms with Crippen LogP contribution < -0.4 is 15.4 Å². The maximum atomic E-state index is 11.4. The van der Waals surface area contributed by atoms with E-state index in [9.17, 15) is 4.79 Å². The van der Waals surface area contributed by atoms with Gasteiger partial charge in [-0.25, -0.2) is 0 Å². The van der Waals surface area contributed by atoms with Gasteiger partial charge in [0.1, 0.15) is 5.75 Å². The van der Waals surface area contributed by atoms with Crippen molar-refractivity contribution in [1.29, 1.82) is 0 Å². The third-order valence-corrected chi connectivity index (χ3v) is 4.89. The number of hydrogen-bond donors (Lipinski definition) is 2. The zero-order valence-electron chi connectivity index (χ0n) is 17.2. The van der Waals surface area contributed by atoms with E-state index in [0.29, 0.717) is 18.0 Å². The summed E-state index contributed by atoms with van der Waals surface area (Å²) in [4.78, 5) is 18.1. The average Bonchev–Trinajstić information content (AvgIpc) is 2.75. The molecule has 0 atom stereocenters. The minimum Gasteiger partial charge on any atom is -0.495 e. The molecule has 1 aliphatic rings. The Balaban J connectivity index is 1.63. The van der Waals surface area contributed by atoms with Crippen LogP contribution in [0.15, 0.2) is 59.6 Å². The highest BCUT2D eigenvalue weighted by molar-refractivity contribution is 5.90. The van der Waals surface area contributed by atoms with E-state index in [4.69, 9.17) is 4.74 Å². The number of rotatable bonds is 5. The molecule has 152 valence electrons. The van der Waals surface area contributed by atoms with E-state index in [-0.39, 0.29) is 5.91 Å². The highest BCUT2D eigenvalue weighted by Gasteiger charge is 2.16. The van der Waals surface area contributed by atoms with Gasteiger partial charge in [-0.05, 0) is 35.3 Å². The monoisotopic (exact) mass is 392 g/mol. The van der Waals surface area contributed by atoms with Gasteiger partial charge in [-0.3, -0.25) is 9.79 Å². The number of anilines is 1. The fourth-order valence-corrected chi connectivity index (χ4v) is 3.44. The first-order valence-corrected chi connectivity index (χ1v) is 9.75. The lowest BCUT2D eigenvalue weighted by molar-refractivity contribution is -0.114. The first-order valence-electron chi connectivity index (χ1n) is 9.75. The van der Waals surface area contributed by atoms with E-state index in [2.05, 4.69) is 50.9 Å². The first kappa shape index (κ1) is 20.5. The molecule has 2 N–H and O–H groups in total. The number of nitrogens with zero attached hydrogens (tertiary/aromatic N) is 2. The maximum Gasteiger partial charge on any atom is 0.221 e. The number of carbonyl (C=O) groups is 1. The number of benzene rings is 2. The molecule has 3 rings (SSSR count). The van der Waals surface area contributed by atoms with Crippen molar-refractivity contribution in [2.75, 3.05) is 32.6 Å². The molecule has 6 heteroatoms. The third kappa shape index (κ3) is 5.38. The van der Waals surface area contributed by atoms with Crippen molar-refractivity contribution in [3.05, 3.63) is 65.7 Å². The lowest BCUT2D eigenvalue weighted by atomic mass is 10.00. The van der Waals surface area contributed by atoms with Crippen LogP contribution in [0.1, 0.15) is 24.5 Å². The zero-order chi connectivity index (χ0) is 20.6. The molecule has 6 nitrogen and oxygen atoms in total. The number of aliphatic imine (C=N–C) groups is 1. The Labute approximate surface area is 172 Å². The summed E-state index contributed by atoms with van der Waals surface area (Å²) in [6.07, 6.45) is 3.26. The highest BCUT2D eigenvalue weighted by Crippen LogP contribution is 2.26. The molecule has 0 saturated heterocycles. The summed E-state index contributed by atoms with van der Waals surface area (Å²) in [5.74, 6) is 1.38. The molecule has 0 bridgehead atoms. The minimum atomic E-state index is -0.126. The SMILES string of the molecule is CN=C(NCc1ccc(OC)c(NC(C)=O)c1)N1CC=C(c2ccccc2)CC1. The van der Waals surface area contributed by atoms with Gasteiger partial charge in [0.15, 0.2) is 5.96 Å². The summed E-state index contributed by atoms with van der Waals surface area (Å²) < 4.78 is 5.32. The van der Waals surface area contributed by atoms with Crippen LogP contribution in [-0.2, 0) is 11.3 Å². The molecular formula is C23H28N4O2. The summed E-state index contributed by atoms with van der Waals surface area (Å²) in [5.41, 5.74) is 4.38. The Bertz CT molecular complexity index is 906. The summed E-state index contributed by atoms with van der Waals surface area (Å²) >= 11 is 0. The lowest BCUT2D eigenvalue weighted by Gasteiger charge is -2.30. The molecule has 0 saturated carbocycles. The van der Waals surface area contributed by atoms with Crippen LogP contribution >= 0.6 is 0 Å². The second-order valence-corrected chi connectivity index (χ2v) is 6.91. The first-order chi connectivity index (χ1) is 14.1. The standard InChI is InChI=1S/C23H28N4O2/c1-17(28)26-21-15-18(9-10-22(21)29-3)16-25-23(24-2)27-13-11-20(12-14-27)19-7-5-4-6-8-19/h4-11,15H,12-14,16H2,1-3H3,(H,24,25)(H,26,28). The van der Waals surface area contributed by atoms with Crippen molar-refractivity contribution in [3.8, 4) is 5.75 Å². The van der Waals surface area contributed by atoms with Crippen molar-refractivity contribution >= 4 is 23.1 Å². The Morgan fingerprint density at radius 2 is 2.00 bits per heavy atom. The number of carbonyl (C=O) groups excluding carboxylic acids is 1. The van der Waals surface area contributed by atoms with Crippen LogP contribution in [0, 0.1) is 0 Å². The Kier molecular flexibility index (Phi) is 6.89. The largest absolute Gasteiger partial charge is 0.495 e. The van der Waals surface area contributed by atoms with Gasteiger partial charge in [0.25, 0.3) is 0 Å². The number of hydrogen-bond acceptors (Lipinski definition) is 3. The van der Waals surface area contributed by atoms with Gasteiger partial charge >= 0.3 is 0 Å². The van der Waals surface area contributed by atoms with Crippen molar-refractivity contribution in [2.45, 2.75) is 19.9 Å². The maximum absolute atomic E-state index is 11.4. The Morgan fingerprint density at radius 1 is 1.21 bits per heavy atom. The normalized spacial score (nSPS) is 14.2. The van der Waals surface area contributed by atoms with Gasteiger partial charge in [-0.1, -0.05) is 42.5 Å². The van der Waals surface area contributed by atoms with E-state index in [1.165, 1.54) is 18.1 Å². The van der Waals surface area contributed by atoms with Crippen molar-refractivity contribution in [1.82, 2.24) is 10.2 Å². The van der Waals surface area contributed by atoms with Crippen LogP contribution in [0.5, 0.6) is 5.75 Å². The summed E-state index contributed by atoms with van der Waals surface area (Å²) in [6, 6.07) is 16.3. The van der Waals surface area contributed by atoms with Crippen LogP contribution in [-0.4, -0.2) is 44.0 Å². The number of guanidine groups is 1. The third-order valence-electron chi connectivity index (χ3n) is 4.89. The molecule has 0 spiro atoms. The number of methoxy groups -OCH3 is 1. The molecule has 2 aromatic rings. The molecule has 0 aromatic heterocycles. The average molecular weight is 393 g/mol. The molecule has 0 unspecified atom stereocenters. The van der Waals surface area contributed by atoms with Crippen LogP contribution in [0.25, 0.3) is 5.57 Å². The van der Waals surface area contributed by atoms with Gasteiger partial charge in [0.2, 0.25) is 5.91 Å². The number of nitrogens with one attached hydrogen (secondary N) is 2. The topological polar surface area (TPSA) is 66.0 Å². The molecule has 2 aromatic carbocycles. The molecule has 1 amide bonds. The van der Waals surface area contributed by atoms with Gasteiger partial charge in [0, 0.05) is 33.6 Å². The molecule has 0 aliphatic carbocycles. The van der Waals surface area contributed by atoms with E-state index in [1.54, 1.807) is 14.2 Å². The predicted molar refractivity (Wildman–Crippen MR) is 118 cm³/mol. The summed E-state index contributed by atoms with van der Waals surface area (Å²) in [7, 11) is 3.39. The van der Waals surface area contributed by atoms with E-state index < -0.39 is 0 Å². The van der Waals surface area contributed by atoms with Crippen molar-refractivity contribution in [2.24, 2.45) is 4.99 Å². The van der Waals surface area contributed by atoms with E-state index in [0.717, 1.165) is 31.0 Å². The molecule has 1 aliphatic heterocycles. The predicted octanol–water partition coefficient (Wildman–Crippen LogP) is 3.52. The zero-order valence-corrected chi connectivity index (χ0v) is 17.2. The minimum absolute atomic E-state index is 0.126. The molecule has 0 fully saturated rings. The van der Waals surface area contributed by atoms with Gasteiger partial charge < -0.3 is 20.3 Å². The van der Waals surface area contributed by atoms with E-state index >= 15 is 0 Å². The number of amides is 1. The smallest absolute Gasteiger partial charge is 0.221 e. The van der Waals surface area contributed by atoms with Crippen molar-refractivity contribution < 1.29 is 9.53 Å². The molecule has 29 heavy (non-hydrogen) atoms. The van der Waals surface area contributed by atoms with Gasteiger partial charge in [-0.15, -0.1) is 0 Å². The second kappa shape index (κ2) is 9.78. The number of ether oxygens (including phenoxy) is 1. The molecular weight excluding hydrogens is 364 g/mol.